The second-order valence-corrected chi connectivity index (χ2v) is 8.99. The van der Waals surface area contributed by atoms with Crippen molar-refractivity contribution in [1.29, 1.82) is 0 Å². The van der Waals surface area contributed by atoms with Gasteiger partial charge in [0.05, 0.1) is 5.92 Å². The number of carbonyl (C=O) groups is 3. The van der Waals surface area contributed by atoms with E-state index in [1.807, 2.05) is 49.1 Å². The van der Waals surface area contributed by atoms with Gasteiger partial charge >= 0.3 is 0 Å². The van der Waals surface area contributed by atoms with Gasteiger partial charge in [-0.25, -0.2) is 0 Å². The Balaban J connectivity index is 1.58. The molecule has 2 aliphatic heterocycles. The van der Waals surface area contributed by atoms with Crippen molar-refractivity contribution in [3.05, 3.63) is 60.2 Å². The average molecular weight is 448 g/mol. The van der Waals surface area contributed by atoms with Crippen LogP contribution in [0.15, 0.2) is 54.6 Å². The van der Waals surface area contributed by atoms with Gasteiger partial charge in [-0.2, -0.15) is 0 Å². The minimum Gasteiger partial charge on any atom is -0.341 e. The Morgan fingerprint density at radius 1 is 1.00 bits per heavy atom. The number of amides is 3. The standard InChI is InChI=1S/C27H33N3O3/c1-3-28-16-17-29(26(32)20(2)30-15-9-14-25(30)31)19-23(27(28)33)18-22-12-7-8-13-24(22)21-10-5-4-6-11-21/h4-8,10-13,20,23H,3,9,14-19H2,1-2H3. The van der Waals surface area contributed by atoms with E-state index in [9.17, 15) is 14.4 Å². The Bertz CT molecular complexity index is 1010. The van der Waals surface area contributed by atoms with Gasteiger partial charge in [-0.1, -0.05) is 54.6 Å². The number of likely N-dealkylation sites (N-methyl/N-ethyl adjacent to an activating group) is 1. The van der Waals surface area contributed by atoms with E-state index in [1.54, 1.807) is 9.80 Å². The molecule has 2 aromatic carbocycles. The first kappa shape index (κ1) is 23.0. The molecule has 2 saturated heterocycles. The molecule has 2 aliphatic rings. The molecule has 2 aromatic rings. The summed E-state index contributed by atoms with van der Waals surface area (Å²) in [6.45, 7) is 6.46. The second kappa shape index (κ2) is 10.2. The van der Waals surface area contributed by atoms with Crippen LogP contribution < -0.4 is 0 Å². The maximum absolute atomic E-state index is 13.4. The highest BCUT2D eigenvalue weighted by molar-refractivity contribution is 5.89. The van der Waals surface area contributed by atoms with E-state index >= 15 is 0 Å². The van der Waals surface area contributed by atoms with Crippen molar-refractivity contribution >= 4 is 17.7 Å². The van der Waals surface area contributed by atoms with E-state index in [0.29, 0.717) is 45.6 Å². The van der Waals surface area contributed by atoms with E-state index < -0.39 is 6.04 Å². The predicted octanol–water partition coefficient (Wildman–Crippen LogP) is 3.21. The fraction of sp³-hybridized carbons (Fsp3) is 0.444. The van der Waals surface area contributed by atoms with E-state index in [0.717, 1.165) is 23.1 Å². The Kier molecular flexibility index (Phi) is 7.11. The minimum atomic E-state index is -0.486. The first-order valence-electron chi connectivity index (χ1n) is 12.0. The third kappa shape index (κ3) is 4.95. The lowest BCUT2D eigenvalue weighted by molar-refractivity contribution is -0.143. The molecule has 0 N–H and O–H groups in total. The number of carbonyl (C=O) groups excluding carboxylic acids is 3. The SMILES string of the molecule is CCN1CCN(C(=O)C(C)N2CCCC2=O)CC(Cc2ccccc2-c2ccccc2)C1=O. The molecule has 0 aromatic heterocycles. The molecule has 0 bridgehead atoms. The van der Waals surface area contributed by atoms with Gasteiger partial charge in [0.25, 0.3) is 0 Å². The molecule has 6 nitrogen and oxygen atoms in total. The molecule has 0 aliphatic carbocycles. The minimum absolute atomic E-state index is 0.0465. The Morgan fingerprint density at radius 2 is 1.73 bits per heavy atom. The van der Waals surface area contributed by atoms with Gasteiger partial charge in [-0.15, -0.1) is 0 Å². The molecule has 0 spiro atoms. The quantitative estimate of drug-likeness (QED) is 0.683. The zero-order valence-corrected chi connectivity index (χ0v) is 19.6. The lowest BCUT2D eigenvalue weighted by Crippen LogP contribution is -2.49. The van der Waals surface area contributed by atoms with Crippen molar-refractivity contribution in [2.45, 2.75) is 39.2 Å². The molecule has 2 heterocycles. The van der Waals surface area contributed by atoms with Gasteiger partial charge in [0.1, 0.15) is 6.04 Å². The van der Waals surface area contributed by atoms with Crippen molar-refractivity contribution in [3.63, 3.8) is 0 Å². The molecule has 6 heteroatoms. The Labute approximate surface area is 196 Å². The number of hydrogen-bond acceptors (Lipinski definition) is 3. The van der Waals surface area contributed by atoms with Gasteiger partial charge in [-0.3, -0.25) is 14.4 Å². The van der Waals surface area contributed by atoms with Crippen LogP contribution in [0.5, 0.6) is 0 Å². The van der Waals surface area contributed by atoms with Gasteiger partial charge in [0.2, 0.25) is 17.7 Å². The summed E-state index contributed by atoms with van der Waals surface area (Å²) in [5, 5.41) is 0. The van der Waals surface area contributed by atoms with Gasteiger partial charge in [0, 0.05) is 39.1 Å². The normalized spacial score (nSPS) is 20.2. The Hall–Kier alpha value is -3.15. The third-order valence-electron chi connectivity index (χ3n) is 6.94. The van der Waals surface area contributed by atoms with Gasteiger partial charge in [0.15, 0.2) is 0 Å². The van der Waals surface area contributed by atoms with Crippen LogP contribution in [0, 0.1) is 5.92 Å². The average Bonchev–Trinajstić information content (AvgIpc) is 3.21. The molecule has 174 valence electrons. The summed E-state index contributed by atoms with van der Waals surface area (Å²) < 4.78 is 0. The first-order chi connectivity index (χ1) is 16.0. The molecule has 2 atom stereocenters. The molecule has 4 rings (SSSR count). The number of nitrogens with zero attached hydrogens (tertiary/aromatic N) is 3. The van der Waals surface area contributed by atoms with Crippen molar-refractivity contribution in [1.82, 2.24) is 14.7 Å². The maximum Gasteiger partial charge on any atom is 0.245 e. The van der Waals surface area contributed by atoms with E-state index in [4.69, 9.17) is 0 Å². The van der Waals surface area contributed by atoms with E-state index in [2.05, 4.69) is 24.3 Å². The van der Waals surface area contributed by atoms with E-state index in [-0.39, 0.29) is 23.6 Å². The maximum atomic E-state index is 13.4. The number of likely N-dealkylation sites (tertiary alicyclic amines) is 1. The molecular formula is C27H33N3O3. The van der Waals surface area contributed by atoms with E-state index in [1.165, 1.54) is 0 Å². The summed E-state index contributed by atoms with van der Waals surface area (Å²) >= 11 is 0. The Morgan fingerprint density at radius 3 is 2.42 bits per heavy atom. The molecule has 33 heavy (non-hydrogen) atoms. The molecule has 0 radical (unpaired) electrons. The smallest absolute Gasteiger partial charge is 0.245 e. The van der Waals surface area contributed by atoms with Crippen LogP contribution in [0.3, 0.4) is 0 Å². The lowest BCUT2D eigenvalue weighted by atomic mass is 9.91. The predicted molar refractivity (Wildman–Crippen MR) is 128 cm³/mol. The highest BCUT2D eigenvalue weighted by Gasteiger charge is 2.36. The zero-order valence-electron chi connectivity index (χ0n) is 19.6. The summed E-state index contributed by atoms with van der Waals surface area (Å²) in [6.07, 6.45) is 1.89. The van der Waals surface area contributed by atoms with Crippen molar-refractivity contribution in [2.75, 3.05) is 32.7 Å². The highest BCUT2D eigenvalue weighted by atomic mass is 16.2. The van der Waals surface area contributed by atoms with Crippen LogP contribution in [-0.2, 0) is 20.8 Å². The highest BCUT2D eigenvalue weighted by Crippen LogP contribution is 2.27. The number of hydrogen-bond donors (Lipinski definition) is 0. The fourth-order valence-corrected chi connectivity index (χ4v) is 5.05. The first-order valence-corrected chi connectivity index (χ1v) is 12.0. The third-order valence-corrected chi connectivity index (χ3v) is 6.94. The second-order valence-electron chi connectivity index (χ2n) is 8.99. The molecule has 2 fully saturated rings. The summed E-state index contributed by atoms with van der Waals surface area (Å²) in [4.78, 5) is 44.3. The van der Waals surface area contributed by atoms with Crippen LogP contribution in [-0.4, -0.2) is 71.2 Å². The molecule has 0 saturated carbocycles. The summed E-state index contributed by atoms with van der Waals surface area (Å²) in [5.41, 5.74) is 3.35. The molecule has 2 unspecified atom stereocenters. The van der Waals surface area contributed by atoms with Gasteiger partial charge in [-0.05, 0) is 43.4 Å². The number of benzene rings is 2. The summed E-state index contributed by atoms with van der Waals surface area (Å²) in [6, 6.07) is 17.9. The zero-order chi connectivity index (χ0) is 23.4. The van der Waals surface area contributed by atoms with Crippen molar-refractivity contribution < 1.29 is 14.4 Å². The lowest BCUT2D eigenvalue weighted by Gasteiger charge is -2.30. The monoisotopic (exact) mass is 447 g/mol. The van der Waals surface area contributed by atoms with Crippen LogP contribution in [0.1, 0.15) is 32.3 Å². The summed E-state index contributed by atoms with van der Waals surface area (Å²) in [5.74, 6) is -0.231. The van der Waals surface area contributed by atoms with Gasteiger partial charge < -0.3 is 14.7 Å². The topological polar surface area (TPSA) is 60.9 Å². The largest absolute Gasteiger partial charge is 0.341 e. The molecule has 3 amide bonds. The fourth-order valence-electron chi connectivity index (χ4n) is 5.05. The molecular weight excluding hydrogens is 414 g/mol. The van der Waals surface area contributed by atoms with Crippen LogP contribution >= 0.6 is 0 Å². The summed E-state index contributed by atoms with van der Waals surface area (Å²) in [7, 11) is 0. The van der Waals surface area contributed by atoms with Crippen molar-refractivity contribution in [2.24, 2.45) is 5.92 Å². The van der Waals surface area contributed by atoms with Crippen LogP contribution in [0.2, 0.25) is 0 Å². The van der Waals surface area contributed by atoms with Crippen molar-refractivity contribution in [3.8, 4) is 11.1 Å². The van der Waals surface area contributed by atoms with Crippen LogP contribution in [0.25, 0.3) is 11.1 Å². The number of rotatable bonds is 6. The van der Waals surface area contributed by atoms with Crippen LogP contribution in [0.4, 0.5) is 0 Å².